The minimum Gasteiger partial charge on any atom is -0.478 e. The maximum atomic E-state index is 9.55. The summed E-state index contributed by atoms with van der Waals surface area (Å²) in [6.07, 6.45) is 3.42. The molecule has 0 aliphatic carbocycles. The van der Waals surface area contributed by atoms with Crippen molar-refractivity contribution in [3.05, 3.63) is 60.2 Å². The molecule has 0 radical (unpaired) electrons. The molecule has 0 spiro atoms. The molecule has 34 heavy (non-hydrogen) atoms. The van der Waals surface area contributed by atoms with E-state index in [1.807, 2.05) is 7.05 Å². The van der Waals surface area contributed by atoms with Gasteiger partial charge in [0.1, 0.15) is 0 Å². The summed E-state index contributed by atoms with van der Waals surface area (Å²) in [7, 11) is 4.24. The number of hydrogen-bond donors (Lipinski definition) is 5. The van der Waals surface area contributed by atoms with E-state index in [-0.39, 0.29) is 0 Å². The summed E-state index contributed by atoms with van der Waals surface area (Å²) in [5.41, 5.74) is 1.46. The SMILES string of the molecule is CNCCC(c1ccccc1)N1CCN(C)CC1.O=C(O)/C=C/C(=O)O.O=C(O)/C=C/C(=O)O. The van der Waals surface area contributed by atoms with Crippen LogP contribution < -0.4 is 5.32 Å². The quantitative estimate of drug-likeness (QED) is 0.321. The zero-order chi connectivity index (χ0) is 25.9. The molecule has 1 aliphatic heterocycles. The third kappa shape index (κ3) is 16.1. The second-order valence-electron chi connectivity index (χ2n) is 7.18. The minimum atomic E-state index is -1.26. The molecule has 1 saturated heterocycles. The normalized spacial score (nSPS) is 15.0. The van der Waals surface area contributed by atoms with Gasteiger partial charge in [-0.2, -0.15) is 0 Å². The van der Waals surface area contributed by atoms with Crippen molar-refractivity contribution in [3.63, 3.8) is 0 Å². The number of piperazine rings is 1. The van der Waals surface area contributed by atoms with Crippen LogP contribution in [0.1, 0.15) is 18.0 Å². The molecule has 11 nitrogen and oxygen atoms in total. The first kappa shape index (κ1) is 30.5. The fraction of sp³-hybridized carbons (Fsp3) is 0.391. The lowest BCUT2D eigenvalue weighted by Gasteiger charge is -2.38. The van der Waals surface area contributed by atoms with Crippen LogP contribution in [0.2, 0.25) is 0 Å². The number of rotatable bonds is 9. The summed E-state index contributed by atoms with van der Waals surface area (Å²) < 4.78 is 0. The van der Waals surface area contributed by atoms with Gasteiger partial charge in [0.25, 0.3) is 0 Å². The number of nitrogens with one attached hydrogen (secondary N) is 1. The second kappa shape index (κ2) is 18.0. The van der Waals surface area contributed by atoms with Crippen molar-refractivity contribution in [2.45, 2.75) is 12.5 Å². The Kier molecular flexibility index (Phi) is 16.1. The molecule has 1 aromatic rings. The molecule has 1 atom stereocenters. The first-order valence-electron chi connectivity index (χ1n) is 10.5. The van der Waals surface area contributed by atoms with Crippen LogP contribution in [0.15, 0.2) is 54.6 Å². The van der Waals surface area contributed by atoms with Crippen molar-refractivity contribution in [1.82, 2.24) is 15.1 Å². The molecule has 1 unspecified atom stereocenters. The molecule has 0 amide bonds. The maximum Gasteiger partial charge on any atom is 0.328 e. The standard InChI is InChI=1S/C15H25N3.2C4H4O4/c1-16-9-8-15(14-6-4-3-5-7-14)18-12-10-17(2)11-13-18;2*5-3(6)1-2-4(7)8/h3-7,15-16H,8-13H2,1-2H3;2*1-2H,(H,5,6)(H,7,8)/b;2*2-1+. The largest absolute Gasteiger partial charge is 0.478 e. The molecule has 1 aromatic carbocycles. The zero-order valence-electron chi connectivity index (χ0n) is 19.3. The highest BCUT2D eigenvalue weighted by atomic mass is 16.4. The Labute approximate surface area is 198 Å². The van der Waals surface area contributed by atoms with Gasteiger partial charge in [0.15, 0.2) is 0 Å². The second-order valence-corrected chi connectivity index (χ2v) is 7.18. The molecule has 2 rings (SSSR count). The van der Waals surface area contributed by atoms with Crippen molar-refractivity contribution < 1.29 is 39.6 Å². The first-order valence-corrected chi connectivity index (χ1v) is 10.5. The molecular formula is C23H33N3O8. The van der Waals surface area contributed by atoms with Crippen LogP contribution >= 0.6 is 0 Å². The molecule has 0 saturated carbocycles. The van der Waals surface area contributed by atoms with E-state index in [0.717, 1.165) is 6.54 Å². The lowest BCUT2D eigenvalue weighted by Crippen LogP contribution is -2.46. The molecule has 1 heterocycles. The van der Waals surface area contributed by atoms with Gasteiger partial charge in [-0.25, -0.2) is 19.2 Å². The van der Waals surface area contributed by atoms with E-state index >= 15 is 0 Å². The summed E-state index contributed by atoms with van der Waals surface area (Å²) in [6, 6.07) is 11.5. The fourth-order valence-corrected chi connectivity index (χ4v) is 2.94. The molecular weight excluding hydrogens is 446 g/mol. The van der Waals surface area contributed by atoms with Crippen molar-refractivity contribution in [3.8, 4) is 0 Å². The summed E-state index contributed by atoms with van der Waals surface area (Å²) in [5, 5.41) is 34.5. The van der Waals surface area contributed by atoms with Crippen LogP contribution in [0.3, 0.4) is 0 Å². The summed E-state index contributed by atoms with van der Waals surface area (Å²) >= 11 is 0. The van der Waals surface area contributed by atoms with Crippen LogP contribution in [0.25, 0.3) is 0 Å². The molecule has 188 valence electrons. The van der Waals surface area contributed by atoms with Crippen molar-refractivity contribution in [2.24, 2.45) is 0 Å². The van der Waals surface area contributed by atoms with E-state index < -0.39 is 23.9 Å². The predicted molar refractivity (Wildman–Crippen MR) is 126 cm³/mol. The number of carbonyl (C=O) groups is 4. The smallest absolute Gasteiger partial charge is 0.328 e. The van der Waals surface area contributed by atoms with Crippen molar-refractivity contribution in [1.29, 1.82) is 0 Å². The average molecular weight is 480 g/mol. The number of aliphatic carboxylic acids is 4. The molecule has 1 fully saturated rings. The number of carboxylic acids is 4. The predicted octanol–water partition coefficient (Wildman–Crippen LogP) is 1.01. The van der Waals surface area contributed by atoms with E-state index in [4.69, 9.17) is 20.4 Å². The van der Waals surface area contributed by atoms with Gasteiger partial charge in [0.2, 0.25) is 0 Å². The Morgan fingerprint density at radius 3 is 1.59 bits per heavy atom. The highest BCUT2D eigenvalue weighted by Gasteiger charge is 2.23. The lowest BCUT2D eigenvalue weighted by atomic mass is 10.0. The van der Waals surface area contributed by atoms with Crippen LogP contribution in [-0.2, 0) is 19.2 Å². The average Bonchev–Trinajstić information content (AvgIpc) is 2.79. The van der Waals surface area contributed by atoms with Gasteiger partial charge in [-0.15, -0.1) is 0 Å². The van der Waals surface area contributed by atoms with E-state index in [0.29, 0.717) is 30.3 Å². The van der Waals surface area contributed by atoms with E-state index in [1.54, 1.807) is 0 Å². The monoisotopic (exact) mass is 479 g/mol. The number of benzene rings is 1. The van der Waals surface area contributed by atoms with Crippen LogP contribution in [0, 0.1) is 0 Å². The summed E-state index contributed by atoms with van der Waals surface area (Å²) in [5.74, 6) is -5.03. The Balaban J connectivity index is 0.000000570. The number of hydrogen-bond acceptors (Lipinski definition) is 7. The van der Waals surface area contributed by atoms with E-state index in [1.165, 1.54) is 38.2 Å². The minimum absolute atomic E-state index is 0.558. The topological polar surface area (TPSA) is 168 Å². The Morgan fingerprint density at radius 2 is 1.24 bits per heavy atom. The Hall–Kier alpha value is -3.54. The Morgan fingerprint density at radius 1 is 0.824 bits per heavy atom. The number of carboxylic acid groups (broad SMARTS) is 4. The summed E-state index contributed by atoms with van der Waals surface area (Å²) in [6.45, 7) is 5.80. The lowest BCUT2D eigenvalue weighted by molar-refractivity contribution is -0.134. The van der Waals surface area contributed by atoms with Crippen LogP contribution in [0.4, 0.5) is 0 Å². The van der Waals surface area contributed by atoms with Crippen molar-refractivity contribution >= 4 is 23.9 Å². The van der Waals surface area contributed by atoms with Gasteiger partial charge in [0, 0.05) is 56.5 Å². The van der Waals surface area contributed by atoms with Gasteiger partial charge in [-0.1, -0.05) is 30.3 Å². The zero-order valence-corrected chi connectivity index (χ0v) is 19.3. The number of likely N-dealkylation sites (N-methyl/N-ethyl adjacent to an activating group) is 1. The van der Waals surface area contributed by atoms with Gasteiger partial charge >= 0.3 is 23.9 Å². The van der Waals surface area contributed by atoms with E-state index in [2.05, 4.69) is 52.5 Å². The molecule has 0 bridgehead atoms. The highest BCUT2D eigenvalue weighted by molar-refractivity contribution is 5.90. The Bertz CT molecular complexity index is 753. The third-order valence-electron chi connectivity index (χ3n) is 4.57. The van der Waals surface area contributed by atoms with Crippen LogP contribution in [-0.4, -0.2) is 101 Å². The van der Waals surface area contributed by atoms with Crippen LogP contribution in [0.5, 0.6) is 0 Å². The fourth-order valence-electron chi connectivity index (χ4n) is 2.94. The van der Waals surface area contributed by atoms with E-state index in [9.17, 15) is 19.2 Å². The first-order chi connectivity index (χ1) is 16.1. The van der Waals surface area contributed by atoms with Gasteiger partial charge < -0.3 is 30.6 Å². The molecule has 5 N–H and O–H groups in total. The number of nitrogens with zero attached hydrogens (tertiary/aromatic N) is 2. The molecule has 0 aromatic heterocycles. The molecule has 11 heteroatoms. The van der Waals surface area contributed by atoms with Crippen molar-refractivity contribution in [2.75, 3.05) is 46.8 Å². The van der Waals surface area contributed by atoms with Gasteiger partial charge in [-0.05, 0) is 32.6 Å². The third-order valence-corrected chi connectivity index (χ3v) is 4.57. The summed E-state index contributed by atoms with van der Waals surface area (Å²) in [4.78, 5) is 43.3. The molecule has 1 aliphatic rings. The van der Waals surface area contributed by atoms with Gasteiger partial charge in [-0.3, -0.25) is 4.90 Å². The highest BCUT2D eigenvalue weighted by Crippen LogP contribution is 2.24. The van der Waals surface area contributed by atoms with Gasteiger partial charge in [0.05, 0.1) is 0 Å². The maximum absolute atomic E-state index is 9.55.